The van der Waals surface area contributed by atoms with Crippen LogP contribution in [0.25, 0.3) is 0 Å². The Labute approximate surface area is 66.6 Å². The monoisotopic (exact) mass is 151 g/mol. The number of hydrazine groups is 1. The average molecular weight is 151 g/mol. The second-order valence-electron chi connectivity index (χ2n) is 2.68. The molecule has 1 heterocycles. The minimum absolute atomic E-state index is 0.758. The molecule has 0 unspecified atom stereocenters. The molecule has 0 saturated heterocycles. The summed E-state index contributed by atoms with van der Waals surface area (Å²) in [6, 6.07) is 0. The number of hydrogen-bond acceptors (Lipinski definition) is 3. The highest BCUT2D eigenvalue weighted by Crippen LogP contribution is 2.16. The Morgan fingerprint density at radius 2 is 1.91 bits per heavy atom. The molecular weight excluding hydrogens is 138 g/mol. The molecule has 0 aromatic carbocycles. The van der Waals surface area contributed by atoms with Gasteiger partial charge in [-0.05, 0) is 37.5 Å². The number of nitrogen functional groups attached to an aromatic ring is 1. The van der Waals surface area contributed by atoms with Crippen molar-refractivity contribution in [1.82, 2.24) is 4.98 Å². The van der Waals surface area contributed by atoms with E-state index in [1.165, 1.54) is 11.1 Å². The van der Waals surface area contributed by atoms with Crippen LogP contribution in [0.5, 0.6) is 0 Å². The average Bonchev–Trinajstić information content (AvgIpc) is 2.01. The molecule has 1 aromatic rings. The van der Waals surface area contributed by atoms with Crippen LogP contribution in [0.1, 0.15) is 16.7 Å². The van der Waals surface area contributed by atoms with Crippen molar-refractivity contribution in [2.75, 3.05) is 5.43 Å². The highest BCUT2D eigenvalue weighted by molar-refractivity contribution is 5.48. The van der Waals surface area contributed by atoms with E-state index in [4.69, 9.17) is 5.84 Å². The van der Waals surface area contributed by atoms with Crippen molar-refractivity contribution in [2.24, 2.45) is 5.84 Å². The fraction of sp³-hybridized carbons (Fsp3) is 0.375. The lowest BCUT2D eigenvalue weighted by Gasteiger charge is -2.08. The molecule has 0 aliphatic heterocycles. The van der Waals surface area contributed by atoms with Crippen molar-refractivity contribution in [3.8, 4) is 0 Å². The van der Waals surface area contributed by atoms with E-state index >= 15 is 0 Å². The zero-order valence-electron chi connectivity index (χ0n) is 7.10. The van der Waals surface area contributed by atoms with Gasteiger partial charge in [-0.25, -0.2) is 10.8 Å². The number of nitrogens with two attached hydrogens (primary N) is 1. The van der Waals surface area contributed by atoms with Crippen LogP contribution in [0.4, 0.5) is 5.82 Å². The van der Waals surface area contributed by atoms with Gasteiger partial charge in [-0.15, -0.1) is 0 Å². The van der Waals surface area contributed by atoms with E-state index in [2.05, 4.69) is 17.3 Å². The molecule has 60 valence electrons. The number of hydrogen-bond donors (Lipinski definition) is 2. The van der Waals surface area contributed by atoms with Gasteiger partial charge < -0.3 is 5.43 Å². The number of nitrogens with one attached hydrogen (secondary N) is 1. The van der Waals surface area contributed by atoms with Crippen molar-refractivity contribution in [2.45, 2.75) is 20.8 Å². The summed E-state index contributed by atoms with van der Waals surface area (Å²) in [5.41, 5.74) is 6.11. The van der Waals surface area contributed by atoms with Crippen molar-refractivity contribution in [3.05, 3.63) is 22.9 Å². The topological polar surface area (TPSA) is 50.9 Å². The van der Waals surface area contributed by atoms with Crippen LogP contribution >= 0.6 is 0 Å². The third kappa shape index (κ3) is 1.33. The van der Waals surface area contributed by atoms with Crippen LogP contribution in [0.3, 0.4) is 0 Å². The molecule has 0 amide bonds. The molecule has 0 saturated carbocycles. The van der Waals surface area contributed by atoms with E-state index in [-0.39, 0.29) is 0 Å². The van der Waals surface area contributed by atoms with Crippen LogP contribution < -0.4 is 11.3 Å². The van der Waals surface area contributed by atoms with Crippen LogP contribution in [-0.4, -0.2) is 4.98 Å². The molecule has 3 heteroatoms. The first-order chi connectivity index (χ1) is 5.16. The lowest BCUT2D eigenvalue weighted by atomic mass is 10.1. The lowest BCUT2D eigenvalue weighted by Crippen LogP contribution is -2.11. The lowest BCUT2D eigenvalue weighted by molar-refractivity contribution is 1.13. The highest BCUT2D eigenvalue weighted by Gasteiger charge is 2.02. The Morgan fingerprint density at radius 3 is 2.45 bits per heavy atom. The van der Waals surface area contributed by atoms with Crippen molar-refractivity contribution in [3.63, 3.8) is 0 Å². The largest absolute Gasteiger partial charge is 0.308 e. The standard InChI is InChI=1S/C8H13N3/c1-5-4-10-8(11-9)7(3)6(5)2/h4H,9H2,1-3H3,(H,10,11). The first-order valence-electron chi connectivity index (χ1n) is 3.56. The molecule has 0 bridgehead atoms. The molecule has 0 spiro atoms. The predicted molar refractivity (Wildman–Crippen MR) is 46.3 cm³/mol. The highest BCUT2D eigenvalue weighted by atomic mass is 15.2. The van der Waals surface area contributed by atoms with Gasteiger partial charge in [-0.3, -0.25) is 0 Å². The molecule has 1 rings (SSSR count). The molecule has 11 heavy (non-hydrogen) atoms. The van der Waals surface area contributed by atoms with Crippen LogP contribution in [-0.2, 0) is 0 Å². The molecule has 0 radical (unpaired) electrons. The van der Waals surface area contributed by atoms with E-state index in [9.17, 15) is 0 Å². The summed E-state index contributed by atoms with van der Waals surface area (Å²) in [5, 5.41) is 0. The third-order valence-corrected chi connectivity index (χ3v) is 2.03. The third-order valence-electron chi connectivity index (χ3n) is 2.03. The van der Waals surface area contributed by atoms with Crippen LogP contribution in [0, 0.1) is 20.8 Å². The minimum atomic E-state index is 0.758. The summed E-state index contributed by atoms with van der Waals surface area (Å²) >= 11 is 0. The number of nitrogens with zero attached hydrogens (tertiary/aromatic N) is 1. The fourth-order valence-electron chi connectivity index (χ4n) is 0.974. The maximum Gasteiger partial charge on any atom is 0.143 e. The zero-order valence-corrected chi connectivity index (χ0v) is 7.10. The molecule has 0 fully saturated rings. The van der Waals surface area contributed by atoms with Gasteiger partial charge in [0.05, 0.1) is 0 Å². The second-order valence-corrected chi connectivity index (χ2v) is 2.68. The van der Waals surface area contributed by atoms with Crippen molar-refractivity contribution >= 4 is 5.82 Å². The molecular formula is C8H13N3. The smallest absolute Gasteiger partial charge is 0.143 e. The van der Waals surface area contributed by atoms with Gasteiger partial charge in [0.15, 0.2) is 0 Å². The Kier molecular flexibility index (Phi) is 2.10. The summed E-state index contributed by atoms with van der Waals surface area (Å²) < 4.78 is 0. The van der Waals surface area contributed by atoms with E-state index in [1.54, 1.807) is 0 Å². The first kappa shape index (κ1) is 8.01. The Hall–Kier alpha value is -1.09. The molecule has 0 aliphatic rings. The summed E-state index contributed by atoms with van der Waals surface area (Å²) in [6.45, 7) is 6.10. The van der Waals surface area contributed by atoms with Gasteiger partial charge in [0.1, 0.15) is 5.82 Å². The maximum absolute atomic E-state index is 5.26. The Morgan fingerprint density at radius 1 is 1.27 bits per heavy atom. The number of rotatable bonds is 1. The number of aromatic nitrogens is 1. The van der Waals surface area contributed by atoms with Gasteiger partial charge >= 0.3 is 0 Å². The van der Waals surface area contributed by atoms with Crippen LogP contribution in [0.15, 0.2) is 6.20 Å². The van der Waals surface area contributed by atoms with Gasteiger partial charge in [-0.1, -0.05) is 0 Å². The van der Waals surface area contributed by atoms with E-state index in [1.807, 2.05) is 20.0 Å². The Balaban J connectivity index is 3.25. The van der Waals surface area contributed by atoms with Crippen molar-refractivity contribution in [1.29, 1.82) is 0 Å². The quantitative estimate of drug-likeness (QED) is 0.469. The van der Waals surface area contributed by atoms with Gasteiger partial charge in [-0.2, -0.15) is 0 Å². The molecule has 3 N–H and O–H groups in total. The fourth-order valence-corrected chi connectivity index (χ4v) is 0.974. The normalized spacial score (nSPS) is 9.82. The van der Waals surface area contributed by atoms with Crippen molar-refractivity contribution < 1.29 is 0 Å². The van der Waals surface area contributed by atoms with E-state index < -0.39 is 0 Å². The summed E-state index contributed by atoms with van der Waals surface area (Å²) in [7, 11) is 0. The summed E-state index contributed by atoms with van der Waals surface area (Å²) in [6.07, 6.45) is 1.82. The Bertz CT molecular complexity index is 268. The first-order valence-corrected chi connectivity index (χ1v) is 3.56. The van der Waals surface area contributed by atoms with Gasteiger partial charge in [0, 0.05) is 6.20 Å². The van der Waals surface area contributed by atoms with Gasteiger partial charge in [0.2, 0.25) is 0 Å². The number of aryl methyl sites for hydroxylation is 1. The molecule has 1 aromatic heterocycles. The maximum atomic E-state index is 5.26. The predicted octanol–water partition coefficient (Wildman–Crippen LogP) is 1.29. The summed E-state index contributed by atoms with van der Waals surface area (Å²) in [4.78, 5) is 4.12. The molecule has 3 nitrogen and oxygen atoms in total. The minimum Gasteiger partial charge on any atom is -0.308 e. The second kappa shape index (κ2) is 2.88. The summed E-state index contributed by atoms with van der Waals surface area (Å²) in [5.74, 6) is 6.01. The van der Waals surface area contributed by atoms with E-state index in [0.29, 0.717) is 0 Å². The zero-order chi connectivity index (χ0) is 8.43. The number of anilines is 1. The molecule has 0 atom stereocenters. The SMILES string of the molecule is Cc1cnc(NN)c(C)c1C. The number of pyridine rings is 1. The van der Waals surface area contributed by atoms with Gasteiger partial charge in [0.25, 0.3) is 0 Å². The van der Waals surface area contributed by atoms with E-state index in [0.717, 1.165) is 11.4 Å². The van der Waals surface area contributed by atoms with Crippen LogP contribution in [0.2, 0.25) is 0 Å². The molecule has 0 aliphatic carbocycles.